The summed E-state index contributed by atoms with van der Waals surface area (Å²) in [4.78, 5) is 0. The Kier molecular flexibility index (Phi) is 5.06. The van der Waals surface area contributed by atoms with Crippen molar-refractivity contribution in [3.63, 3.8) is 0 Å². The van der Waals surface area contributed by atoms with Crippen LogP contribution in [0.15, 0.2) is 42.7 Å². The first-order valence-electron chi connectivity index (χ1n) is 5.71. The molecule has 1 aromatic carbocycles. The normalized spacial score (nSPS) is 14.2. The highest BCUT2D eigenvalue weighted by Crippen LogP contribution is 2.27. The average molecular weight is 219 g/mol. The van der Waals surface area contributed by atoms with Gasteiger partial charge in [0.1, 0.15) is 0 Å². The molecule has 0 aliphatic carbocycles. The Labute approximate surface area is 98.3 Å². The Bertz CT molecular complexity index is 321. The third-order valence-corrected chi connectivity index (χ3v) is 2.79. The lowest BCUT2D eigenvalue weighted by molar-refractivity contribution is 0.251. The molecule has 0 saturated carbocycles. The number of ether oxygens (including phenoxy) is 1. The molecule has 0 fully saturated rings. The summed E-state index contributed by atoms with van der Waals surface area (Å²) in [5.41, 5.74) is 1.24. The van der Waals surface area contributed by atoms with Gasteiger partial charge in [0.25, 0.3) is 0 Å². The third-order valence-electron chi connectivity index (χ3n) is 2.79. The summed E-state index contributed by atoms with van der Waals surface area (Å²) >= 11 is 0. The highest BCUT2D eigenvalue weighted by molar-refractivity contribution is 5.27. The fourth-order valence-electron chi connectivity index (χ4n) is 1.98. The van der Waals surface area contributed by atoms with Gasteiger partial charge < -0.3 is 10.1 Å². The Morgan fingerprint density at radius 2 is 2.00 bits per heavy atom. The minimum atomic E-state index is 0.200. The molecule has 0 saturated heterocycles. The molecule has 0 aromatic heterocycles. The highest BCUT2D eigenvalue weighted by atomic mass is 16.5. The highest BCUT2D eigenvalue weighted by Gasteiger charge is 2.22. The fraction of sp³-hybridized carbons (Fsp3) is 0.429. The maximum atomic E-state index is 5.30. The molecule has 0 radical (unpaired) electrons. The van der Waals surface area contributed by atoms with E-state index in [2.05, 4.69) is 37.9 Å². The van der Waals surface area contributed by atoms with Crippen molar-refractivity contribution in [2.75, 3.05) is 13.7 Å². The van der Waals surface area contributed by atoms with Crippen LogP contribution in [0.3, 0.4) is 0 Å². The molecule has 0 aliphatic rings. The monoisotopic (exact) mass is 219 g/mol. The lowest BCUT2D eigenvalue weighted by Crippen LogP contribution is -2.33. The molecule has 0 aliphatic heterocycles. The summed E-state index contributed by atoms with van der Waals surface area (Å²) in [5.74, 6) is 1.01. The molecule has 1 N–H and O–H groups in total. The van der Waals surface area contributed by atoms with E-state index >= 15 is 0 Å². The van der Waals surface area contributed by atoms with Crippen LogP contribution in [0.1, 0.15) is 25.3 Å². The number of hydrogen-bond donors (Lipinski definition) is 1. The molecule has 2 atom stereocenters. The van der Waals surface area contributed by atoms with Crippen LogP contribution >= 0.6 is 0 Å². The van der Waals surface area contributed by atoms with Crippen molar-refractivity contribution in [3.8, 4) is 0 Å². The second-order valence-corrected chi connectivity index (χ2v) is 3.91. The van der Waals surface area contributed by atoms with Gasteiger partial charge in [-0.2, -0.15) is 0 Å². The SMILES string of the molecule is C=C(OC)C(c1ccccc1)C(C)NCC. The van der Waals surface area contributed by atoms with E-state index in [1.54, 1.807) is 7.11 Å². The van der Waals surface area contributed by atoms with Crippen LogP contribution in [0.2, 0.25) is 0 Å². The number of rotatable bonds is 6. The van der Waals surface area contributed by atoms with Crippen molar-refractivity contribution in [1.82, 2.24) is 5.32 Å². The predicted molar refractivity (Wildman–Crippen MR) is 68.5 cm³/mol. The van der Waals surface area contributed by atoms with Gasteiger partial charge in [0, 0.05) is 6.04 Å². The maximum absolute atomic E-state index is 5.30. The minimum absolute atomic E-state index is 0.200. The van der Waals surface area contributed by atoms with Crippen LogP contribution in [0.4, 0.5) is 0 Å². The van der Waals surface area contributed by atoms with E-state index in [0.717, 1.165) is 12.3 Å². The van der Waals surface area contributed by atoms with Crippen molar-refractivity contribution >= 4 is 0 Å². The Morgan fingerprint density at radius 1 is 1.38 bits per heavy atom. The number of hydrogen-bond acceptors (Lipinski definition) is 2. The first kappa shape index (κ1) is 12.8. The molecule has 16 heavy (non-hydrogen) atoms. The zero-order valence-corrected chi connectivity index (χ0v) is 10.4. The van der Waals surface area contributed by atoms with Gasteiger partial charge in [0.15, 0.2) is 0 Å². The van der Waals surface area contributed by atoms with Crippen molar-refractivity contribution in [2.24, 2.45) is 0 Å². The fourth-order valence-corrected chi connectivity index (χ4v) is 1.98. The van der Waals surface area contributed by atoms with Gasteiger partial charge in [-0.1, -0.05) is 43.8 Å². The van der Waals surface area contributed by atoms with Gasteiger partial charge in [0.2, 0.25) is 0 Å². The zero-order valence-electron chi connectivity index (χ0n) is 10.4. The molecule has 0 bridgehead atoms. The van der Waals surface area contributed by atoms with Crippen molar-refractivity contribution in [1.29, 1.82) is 0 Å². The predicted octanol–water partition coefficient (Wildman–Crippen LogP) is 2.93. The maximum Gasteiger partial charge on any atom is 0.0974 e. The van der Waals surface area contributed by atoms with E-state index in [0.29, 0.717) is 6.04 Å². The van der Waals surface area contributed by atoms with Crippen LogP contribution in [-0.2, 0) is 4.74 Å². The summed E-state index contributed by atoms with van der Waals surface area (Å²) in [7, 11) is 1.68. The first-order chi connectivity index (χ1) is 7.70. The van der Waals surface area contributed by atoms with Crippen LogP contribution in [-0.4, -0.2) is 19.7 Å². The van der Waals surface area contributed by atoms with Crippen LogP contribution in [0.5, 0.6) is 0 Å². The van der Waals surface area contributed by atoms with Crippen molar-refractivity contribution < 1.29 is 4.74 Å². The Morgan fingerprint density at radius 3 is 2.50 bits per heavy atom. The second kappa shape index (κ2) is 6.33. The summed E-state index contributed by atoms with van der Waals surface area (Å²) < 4.78 is 5.30. The molecule has 88 valence electrons. The van der Waals surface area contributed by atoms with E-state index in [1.807, 2.05) is 18.2 Å². The number of methoxy groups -OCH3 is 1. The molecule has 1 aromatic rings. The second-order valence-electron chi connectivity index (χ2n) is 3.91. The number of nitrogens with one attached hydrogen (secondary N) is 1. The largest absolute Gasteiger partial charge is 0.501 e. The molecule has 0 heterocycles. The van der Waals surface area contributed by atoms with Crippen molar-refractivity contribution in [2.45, 2.75) is 25.8 Å². The van der Waals surface area contributed by atoms with E-state index in [4.69, 9.17) is 4.74 Å². The number of likely N-dealkylation sites (N-methyl/N-ethyl adjacent to an activating group) is 1. The molecule has 2 heteroatoms. The molecule has 2 nitrogen and oxygen atoms in total. The molecule has 1 rings (SSSR count). The van der Waals surface area contributed by atoms with Gasteiger partial charge >= 0.3 is 0 Å². The Hall–Kier alpha value is -1.28. The van der Waals surface area contributed by atoms with Crippen LogP contribution < -0.4 is 5.32 Å². The molecule has 2 unspecified atom stereocenters. The van der Waals surface area contributed by atoms with Gasteiger partial charge in [-0.3, -0.25) is 0 Å². The summed E-state index contributed by atoms with van der Waals surface area (Å²) in [5, 5.41) is 3.42. The minimum Gasteiger partial charge on any atom is -0.501 e. The van der Waals surface area contributed by atoms with Crippen LogP contribution in [0, 0.1) is 0 Å². The van der Waals surface area contributed by atoms with E-state index in [1.165, 1.54) is 5.56 Å². The smallest absolute Gasteiger partial charge is 0.0974 e. The van der Waals surface area contributed by atoms with E-state index in [-0.39, 0.29) is 5.92 Å². The third kappa shape index (κ3) is 3.11. The quantitative estimate of drug-likeness (QED) is 0.743. The summed E-state index contributed by atoms with van der Waals surface area (Å²) in [6, 6.07) is 10.7. The summed E-state index contributed by atoms with van der Waals surface area (Å²) in [6.45, 7) is 9.20. The lowest BCUT2D eigenvalue weighted by atomic mass is 9.91. The standard InChI is InChI=1S/C14H21NO/c1-5-15-11(2)14(12(3)16-4)13-9-7-6-8-10-13/h6-11,14-15H,3,5H2,1-2,4H3. The average Bonchev–Trinajstić information content (AvgIpc) is 2.31. The summed E-state index contributed by atoms with van der Waals surface area (Å²) in [6.07, 6.45) is 0. The van der Waals surface area contributed by atoms with Gasteiger partial charge in [-0.15, -0.1) is 0 Å². The Balaban J connectivity index is 2.92. The lowest BCUT2D eigenvalue weighted by Gasteiger charge is -2.26. The molecular weight excluding hydrogens is 198 g/mol. The molecular formula is C14H21NO. The van der Waals surface area contributed by atoms with Gasteiger partial charge in [-0.05, 0) is 19.0 Å². The topological polar surface area (TPSA) is 21.3 Å². The van der Waals surface area contributed by atoms with Gasteiger partial charge in [0.05, 0.1) is 18.8 Å². The van der Waals surface area contributed by atoms with E-state index < -0.39 is 0 Å². The van der Waals surface area contributed by atoms with E-state index in [9.17, 15) is 0 Å². The first-order valence-corrected chi connectivity index (χ1v) is 5.71. The number of benzene rings is 1. The van der Waals surface area contributed by atoms with Crippen molar-refractivity contribution in [3.05, 3.63) is 48.2 Å². The van der Waals surface area contributed by atoms with Crippen LogP contribution in [0.25, 0.3) is 0 Å². The molecule has 0 spiro atoms. The van der Waals surface area contributed by atoms with Gasteiger partial charge in [-0.25, -0.2) is 0 Å². The zero-order chi connectivity index (χ0) is 12.0. The molecule has 0 amide bonds.